The highest BCUT2D eigenvalue weighted by atomic mass is 19.1. The average molecular weight is 282 g/mol. The second-order valence-electron chi connectivity index (χ2n) is 4.42. The number of ether oxygens (including phenoxy) is 1. The molecule has 1 aromatic rings. The van der Waals surface area contributed by atoms with Crippen molar-refractivity contribution in [2.75, 3.05) is 49.7 Å². The largest absolute Gasteiger partial charge is 0.378 e. The van der Waals surface area contributed by atoms with Gasteiger partial charge in [0.25, 0.3) is 0 Å². The van der Waals surface area contributed by atoms with Crippen LogP contribution in [0.1, 0.15) is 6.42 Å². The maximum absolute atomic E-state index is 11.9. The minimum absolute atomic E-state index is 0.314. The Hall–Kier alpha value is -1.89. The predicted molar refractivity (Wildman–Crippen MR) is 74.9 cm³/mol. The number of carbonyl (C=O) groups is 1. The van der Waals surface area contributed by atoms with Crippen LogP contribution in [0.15, 0.2) is 18.3 Å². The highest BCUT2D eigenvalue weighted by Gasteiger charge is 2.11. The third-order valence-electron chi connectivity index (χ3n) is 2.96. The van der Waals surface area contributed by atoms with E-state index in [1.165, 1.54) is 0 Å². The fourth-order valence-corrected chi connectivity index (χ4v) is 1.90. The van der Waals surface area contributed by atoms with E-state index >= 15 is 0 Å². The van der Waals surface area contributed by atoms with Gasteiger partial charge in [0.15, 0.2) is 0 Å². The van der Waals surface area contributed by atoms with Gasteiger partial charge in [-0.3, -0.25) is 9.71 Å². The predicted octanol–water partition coefficient (Wildman–Crippen LogP) is 1.40. The first-order chi connectivity index (χ1) is 9.79. The topological polar surface area (TPSA) is 66.5 Å². The zero-order chi connectivity index (χ0) is 14.2. The molecular formula is C13H19FN4O2. The molecule has 2 heterocycles. The third kappa shape index (κ3) is 4.34. The van der Waals surface area contributed by atoms with E-state index in [1.807, 2.05) is 6.07 Å². The maximum atomic E-state index is 11.9. The molecule has 1 aliphatic heterocycles. The summed E-state index contributed by atoms with van der Waals surface area (Å²) in [6.45, 7) is 3.01. The van der Waals surface area contributed by atoms with Crippen molar-refractivity contribution in [1.29, 1.82) is 0 Å². The lowest BCUT2D eigenvalue weighted by Gasteiger charge is -2.28. The molecule has 2 N–H and O–H groups in total. The van der Waals surface area contributed by atoms with Gasteiger partial charge in [-0.15, -0.1) is 0 Å². The number of anilines is 2. The van der Waals surface area contributed by atoms with Crippen molar-refractivity contribution in [2.45, 2.75) is 6.42 Å². The molecule has 0 spiro atoms. The van der Waals surface area contributed by atoms with Crippen LogP contribution in [0.5, 0.6) is 0 Å². The molecule has 20 heavy (non-hydrogen) atoms. The van der Waals surface area contributed by atoms with Gasteiger partial charge >= 0.3 is 6.03 Å². The number of aromatic nitrogens is 1. The van der Waals surface area contributed by atoms with Crippen molar-refractivity contribution < 1.29 is 13.9 Å². The summed E-state index contributed by atoms with van der Waals surface area (Å²) in [5, 5.41) is 5.16. The van der Waals surface area contributed by atoms with E-state index in [0.717, 1.165) is 32.0 Å². The highest BCUT2D eigenvalue weighted by molar-refractivity contribution is 5.88. The molecule has 2 rings (SSSR count). The summed E-state index contributed by atoms with van der Waals surface area (Å²) >= 11 is 0. The molecule has 110 valence electrons. The Morgan fingerprint density at radius 1 is 1.40 bits per heavy atom. The van der Waals surface area contributed by atoms with Crippen molar-refractivity contribution in [3.05, 3.63) is 18.3 Å². The number of pyridine rings is 1. The van der Waals surface area contributed by atoms with E-state index < -0.39 is 6.67 Å². The number of halogens is 1. The Labute approximate surface area is 117 Å². The maximum Gasteiger partial charge on any atom is 0.320 e. The van der Waals surface area contributed by atoms with E-state index in [9.17, 15) is 9.18 Å². The number of morpholine rings is 1. The zero-order valence-corrected chi connectivity index (χ0v) is 11.3. The molecule has 6 nitrogen and oxygen atoms in total. The van der Waals surface area contributed by atoms with Crippen molar-refractivity contribution >= 4 is 17.5 Å². The Kier molecular flexibility index (Phi) is 5.55. The number of hydrogen-bond donors (Lipinski definition) is 2. The lowest BCUT2D eigenvalue weighted by molar-refractivity contribution is 0.122. The fourth-order valence-electron chi connectivity index (χ4n) is 1.90. The summed E-state index contributed by atoms with van der Waals surface area (Å²) in [6, 6.07) is 3.29. The minimum atomic E-state index is -0.438. The summed E-state index contributed by atoms with van der Waals surface area (Å²) in [6.07, 6.45) is 2.04. The van der Waals surface area contributed by atoms with Crippen LogP contribution in [-0.2, 0) is 4.74 Å². The fraction of sp³-hybridized carbons (Fsp3) is 0.538. The van der Waals surface area contributed by atoms with Crippen LogP contribution in [0.4, 0.5) is 20.7 Å². The molecule has 0 aromatic carbocycles. The molecule has 0 atom stereocenters. The van der Waals surface area contributed by atoms with Gasteiger partial charge in [0.1, 0.15) is 5.82 Å². The zero-order valence-electron chi connectivity index (χ0n) is 11.3. The van der Waals surface area contributed by atoms with Gasteiger partial charge in [0.05, 0.1) is 31.8 Å². The molecule has 0 saturated carbocycles. The number of alkyl halides is 1. The molecule has 1 aromatic heterocycles. The van der Waals surface area contributed by atoms with Crippen LogP contribution in [0.25, 0.3) is 0 Å². The van der Waals surface area contributed by atoms with Gasteiger partial charge in [-0.1, -0.05) is 0 Å². The summed E-state index contributed by atoms with van der Waals surface area (Å²) in [4.78, 5) is 17.8. The average Bonchev–Trinajstić information content (AvgIpc) is 2.49. The number of nitrogens with zero attached hydrogens (tertiary/aromatic N) is 2. The SMILES string of the molecule is O=C(NCCCF)Nc1ccc(N2CCOCC2)cn1. The number of amides is 2. The van der Waals surface area contributed by atoms with E-state index in [4.69, 9.17) is 4.74 Å². The molecule has 2 amide bonds. The van der Waals surface area contributed by atoms with E-state index in [0.29, 0.717) is 18.8 Å². The van der Waals surface area contributed by atoms with Crippen LogP contribution < -0.4 is 15.5 Å². The molecule has 1 fully saturated rings. The molecule has 0 unspecified atom stereocenters. The van der Waals surface area contributed by atoms with Crippen molar-refractivity contribution in [2.24, 2.45) is 0 Å². The Bertz CT molecular complexity index is 421. The smallest absolute Gasteiger partial charge is 0.320 e. The molecule has 0 aliphatic carbocycles. The molecule has 7 heteroatoms. The van der Waals surface area contributed by atoms with Gasteiger partial charge in [-0.25, -0.2) is 9.78 Å². The van der Waals surface area contributed by atoms with Gasteiger partial charge < -0.3 is 15.0 Å². The standard InChI is InChI=1S/C13H19FN4O2/c14-4-1-5-15-13(19)17-12-3-2-11(10-16-12)18-6-8-20-9-7-18/h2-3,10H,1,4-9H2,(H2,15,16,17,19). The number of rotatable bonds is 5. The van der Waals surface area contributed by atoms with E-state index in [1.54, 1.807) is 12.3 Å². The van der Waals surface area contributed by atoms with Crippen LogP contribution >= 0.6 is 0 Å². The van der Waals surface area contributed by atoms with Crippen LogP contribution in [0, 0.1) is 0 Å². The van der Waals surface area contributed by atoms with Crippen molar-refractivity contribution in [1.82, 2.24) is 10.3 Å². The Morgan fingerprint density at radius 2 is 2.20 bits per heavy atom. The second kappa shape index (κ2) is 7.64. The molecule has 0 bridgehead atoms. The van der Waals surface area contributed by atoms with Crippen molar-refractivity contribution in [3.63, 3.8) is 0 Å². The van der Waals surface area contributed by atoms with E-state index in [-0.39, 0.29) is 6.03 Å². The second-order valence-corrected chi connectivity index (χ2v) is 4.42. The number of nitrogens with one attached hydrogen (secondary N) is 2. The molecule has 1 aliphatic rings. The van der Waals surface area contributed by atoms with Crippen LogP contribution in [0.3, 0.4) is 0 Å². The summed E-state index contributed by atoms with van der Waals surface area (Å²) in [5.41, 5.74) is 1.01. The van der Waals surface area contributed by atoms with Crippen LogP contribution in [-0.4, -0.2) is 50.5 Å². The summed E-state index contributed by atoms with van der Waals surface area (Å²) in [7, 11) is 0. The first-order valence-electron chi connectivity index (χ1n) is 6.69. The summed E-state index contributed by atoms with van der Waals surface area (Å²) < 4.78 is 17.2. The van der Waals surface area contributed by atoms with Gasteiger partial charge in [0.2, 0.25) is 0 Å². The Balaban J connectivity index is 1.83. The minimum Gasteiger partial charge on any atom is -0.378 e. The first kappa shape index (κ1) is 14.5. The summed E-state index contributed by atoms with van der Waals surface area (Å²) in [5.74, 6) is 0.472. The lowest BCUT2D eigenvalue weighted by atomic mass is 10.3. The molecular weight excluding hydrogens is 263 g/mol. The number of carbonyl (C=O) groups excluding carboxylic acids is 1. The van der Waals surface area contributed by atoms with Gasteiger partial charge in [-0.05, 0) is 18.6 Å². The first-order valence-corrected chi connectivity index (χ1v) is 6.69. The molecule has 0 radical (unpaired) electrons. The Morgan fingerprint density at radius 3 is 2.85 bits per heavy atom. The van der Waals surface area contributed by atoms with Crippen molar-refractivity contribution in [3.8, 4) is 0 Å². The highest BCUT2D eigenvalue weighted by Crippen LogP contribution is 2.16. The number of hydrogen-bond acceptors (Lipinski definition) is 4. The van der Waals surface area contributed by atoms with Gasteiger partial charge in [0, 0.05) is 19.6 Å². The van der Waals surface area contributed by atoms with E-state index in [2.05, 4.69) is 20.5 Å². The lowest BCUT2D eigenvalue weighted by Crippen LogP contribution is -2.36. The van der Waals surface area contributed by atoms with Crippen LogP contribution in [0.2, 0.25) is 0 Å². The normalized spacial score (nSPS) is 14.9. The van der Waals surface area contributed by atoms with Gasteiger partial charge in [-0.2, -0.15) is 0 Å². The quantitative estimate of drug-likeness (QED) is 0.801. The number of urea groups is 1. The monoisotopic (exact) mass is 282 g/mol. The molecule has 1 saturated heterocycles. The third-order valence-corrected chi connectivity index (χ3v) is 2.96.